The second-order valence-corrected chi connectivity index (χ2v) is 8.43. The van der Waals surface area contributed by atoms with Crippen molar-refractivity contribution in [2.45, 2.75) is 29.6 Å². The molecule has 3 rings (SSSR count). The van der Waals surface area contributed by atoms with Gasteiger partial charge in [-0.2, -0.15) is 13.2 Å². The third-order valence-corrected chi connectivity index (χ3v) is 6.02. The Balaban J connectivity index is 2.06. The first-order chi connectivity index (χ1) is 15.5. The second kappa shape index (κ2) is 9.98. The maximum atomic E-state index is 13.0. The summed E-state index contributed by atoms with van der Waals surface area (Å²) in [6.45, 7) is 1.59. The predicted molar refractivity (Wildman–Crippen MR) is 116 cm³/mol. The number of carbonyl (C=O) groups excluding carboxylic acids is 1. The minimum Gasteiger partial charge on any atom is -0.356 e. The fourth-order valence-electron chi connectivity index (χ4n) is 2.78. The van der Waals surface area contributed by atoms with Crippen LogP contribution < -0.4 is 5.32 Å². The van der Waals surface area contributed by atoms with Gasteiger partial charge in [0.05, 0.1) is 31.1 Å². The molecule has 0 bridgehead atoms. The average molecular weight is 520 g/mol. The van der Waals surface area contributed by atoms with Crippen LogP contribution in [0.15, 0.2) is 46.5 Å². The topological polar surface area (TPSA) is 103 Å². The molecule has 1 N–H and O–H groups in total. The third-order valence-electron chi connectivity index (χ3n) is 4.27. The third kappa shape index (κ3) is 5.95. The van der Waals surface area contributed by atoms with E-state index >= 15 is 0 Å². The van der Waals surface area contributed by atoms with Gasteiger partial charge >= 0.3 is 6.18 Å². The molecule has 0 unspecified atom stereocenters. The minimum absolute atomic E-state index is 0.0601. The van der Waals surface area contributed by atoms with E-state index in [1.54, 1.807) is 6.07 Å². The number of aromatic nitrogens is 3. The van der Waals surface area contributed by atoms with E-state index in [4.69, 9.17) is 23.2 Å². The summed E-state index contributed by atoms with van der Waals surface area (Å²) in [4.78, 5) is 21.7. The Morgan fingerprint density at radius 1 is 1.18 bits per heavy atom. The summed E-state index contributed by atoms with van der Waals surface area (Å²) >= 11 is 12.9. The monoisotopic (exact) mass is 519 g/mol. The second-order valence-electron chi connectivity index (χ2n) is 6.61. The Bertz CT molecular complexity index is 1220. The van der Waals surface area contributed by atoms with Gasteiger partial charge in [-0.3, -0.25) is 19.5 Å². The smallest absolute Gasteiger partial charge is 0.356 e. The molecule has 0 spiro atoms. The molecule has 8 nitrogen and oxygen atoms in total. The van der Waals surface area contributed by atoms with Crippen LogP contribution in [0.5, 0.6) is 0 Å². The van der Waals surface area contributed by atoms with Crippen molar-refractivity contribution in [2.24, 2.45) is 0 Å². The molecule has 0 aliphatic carbocycles. The molecule has 14 heteroatoms. The number of benzene rings is 2. The molecule has 0 atom stereocenters. The zero-order chi connectivity index (χ0) is 24.3. The van der Waals surface area contributed by atoms with Gasteiger partial charge < -0.3 is 5.32 Å². The maximum Gasteiger partial charge on any atom is 0.416 e. The molecule has 0 saturated heterocycles. The highest BCUT2D eigenvalue weighted by Crippen LogP contribution is 2.39. The molecule has 0 aliphatic heterocycles. The largest absolute Gasteiger partial charge is 0.416 e. The number of nitro benzene ring substituents is 1. The van der Waals surface area contributed by atoms with Crippen molar-refractivity contribution in [3.05, 3.63) is 67.9 Å². The van der Waals surface area contributed by atoms with Crippen molar-refractivity contribution in [3.8, 4) is 5.69 Å². The van der Waals surface area contributed by atoms with Gasteiger partial charge in [0, 0.05) is 26.0 Å². The molecule has 1 aromatic heterocycles. The Hall–Kier alpha value is -2.83. The summed E-state index contributed by atoms with van der Waals surface area (Å²) in [6, 6.07) is 6.92. The number of hydrogen-bond donors (Lipinski definition) is 1. The number of nitrogens with zero attached hydrogens (tertiary/aromatic N) is 4. The van der Waals surface area contributed by atoms with Crippen molar-refractivity contribution < 1.29 is 22.9 Å². The van der Waals surface area contributed by atoms with Crippen LogP contribution in [0.4, 0.5) is 18.9 Å². The number of amides is 1. The van der Waals surface area contributed by atoms with E-state index < -0.39 is 22.4 Å². The van der Waals surface area contributed by atoms with Gasteiger partial charge in [-0.25, -0.2) is 0 Å². The quantitative estimate of drug-likeness (QED) is 0.334. The van der Waals surface area contributed by atoms with Gasteiger partial charge in [-0.1, -0.05) is 23.2 Å². The lowest BCUT2D eigenvalue weighted by Crippen LogP contribution is -2.23. The molecular weight excluding hydrogens is 506 g/mol. The van der Waals surface area contributed by atoms with Crippen molar-refractivity contribution in [3.63, 3.8) is 0 Å². The number of nitrogens with one attached hydrogen (secondary N) is 1. The van der Waals surface area contributed by atoms with Crippen molar-refractivity contribution in [1.29, 1.82) is 0 Å². The van der Waals surface area contributed by atoms with Crippen molar-refractivity contribution in [2.75, 3.05) is 6.54 Å². The fourth-order valence-corrected chi connectivity index (χ4v) is 4.03. The number of hydrogen-bond acceptors (Lipinski definition) is 6. The van der Waals surface area contributed by atoms with Crippen LogP contribution in [-0.2, 0) is 17.4 Å². The highest BCUT2D eigenvalue weighted by molar-refractivity contribution is 7.99. The van der Waals surface area contributed by atoms with Crippen LogP contribution in [0, 0.1) is 10.1 Å². The first kappa shape index (κ1) is 24.8. The fraction of sp³-hybridized carbons (Fsp3) is 0.211. The van der Waals surface area contributed by atoms with Gasteiger partial charge in [0.1, 0.15) is 5.82 Å². The number of rotatable bonds is 7. The van der Waals surface area contributed by atoms with E-state index in [-0.39, 0.29) is 33.9 Å². The van der Waals surface area contributed by atoms with Crippen LogP contribution in [0.1, 0.15) is 18.3 Å². The SMILES string of the molecule is CC(=O)NCCc1nnc(Sc2ccc(C(F)(F)F)cc2[N+](=O)[O-])n1-c1ccc(Cl)c(Cl)c1. The number of nitro groups is 1. The molecule has 0 fully saturated rings. The van der Waals surface area contributed by atoms with Crippen LogP contribution in [0.3, 0.4) is 0 Å². The zero-order valence-corrected chi connectivity index (χ0v) is 19.0. The Morgan fingerprint density at radius 2 is 1.91 bits per heavy atom. The highest BCUT2D eigenvalue weighted by atomic mass is 35.5. The zero-order valence-electron chi connectivity index (χ0n) is 16.7. The van der Waals surface area contributed by atoms with E-state index in [0.29, 0.717) is 22.6 Å². The summed E-state index contributed by atoms with van der Waals surface area (Å²) in [5, 5.41) is 22.9. The molecule has 2 aromatic carbocycles. The maximum absolute atomic E-state index is 13.0. The molecule has 0 aliphatic rings. The molecule has 0 radical (unpaired) electrons. The Labute approximate surface area is 199 Å². The summed E-state index contributed by atoms with van der Waals surface area (Å²) in [5.41, 5.74) is -1.39. The van der Waals surface area contributed by atoms with Crippen molar-refractivity contribution >= 4 is 46.6 Å². The molecule has 0 saturated carbocycles. The lowest BCUT2D eigenvalue weighted by Gasteiger charge is -2.12. The molecule has 1 heterocycles. The highest BCUT2D eigenvalue weighted by Gasteiger charge is 2.33. The number of carbonyl (C=O) groups is 1. The Kier molecular flexibility index (Phi) is 7.50. The molecule has 33 heavy (non-hydrogen) atoms. The van der Waals surface area contributed by atoms with E-state index in [9.17, 15) is 28.1 Å². The summed E-state index contributed by atoms with van der Waals surface area (Å²) < 4.78 is 40.6. The van der Waals surface area contributed by atoms with Gasteiger partial charge in [0.25, 0.3) is 5.69 Å². The number of alkyl halides is 3. The normalized spacial score (nSPS) is 11.5. The van der Waals surface area contributed by atoms with Crippen molar-refractivity contribution in [1.82, 2.24) is 20.1 Å². The molecule has 174 valence electrons. The molecule has 3 aromatic rings. The van der Waals surface area contributed by atoms with Gasteiger partial charge in [-0.05, 0) is 42.1 Å². The first-order valence-electron chi connectivity index (χ1n) is 9.15. The van der Waals surface area contributed by atoms with Gasteiger partial charge in [-0.15, -0.1) is 10.2 Å². The molecule has 1 amide bonds. The van der Waals surface area contributed by atoms with E-state index in [1.807, 2.05) is 0 Å². The molecular formula is C19H14Cl2F3N5O3S. The minimum atomic E-state index is -4.73. The van der Waals surface area contributed by atoms with Crippen LogP contribution in [-0.4, -0.2) is 32.1 Å². The van der Waals surface area contributed by atoms with Gasteiger partial charge in [0.15, 0.2) is 0 Å². The van der Waals surface area contributed by atoms with Gasteiger partial charge in [0.2, 0.25) is 11.1 Å². The summed E-state index contributed by atoms with van der Waals surface area (Å²) in [6.07, 6.45) is -4.48. The van der Waals surface area contributed by atoms with E-state index in [1.165, 1.54) is 23.6 Å². The average Bonchev–Trinajstić information content (AvgIpc) is 3.11. The lowest BCUT2D eigenvalue weighted by atomic mass is 10.2. The standard InChI is InChI=1S/C19H14Cl2F3N5O3S/c1-10(30)25-7-6-17-26-27-18(28(17)12-3-4-13(20)14(21)9-12)33-16-5-2-11(19(22,23)24)8-15(16)29(31)32/h2-5,8-9H,6-7H2,1H3,(H,25,30). The summed E-state index contributed by atoms with van der Waals surface area (Å²) in [7, 11) is 0. The van der Waals surface area contributed by atoms with E-state index in [2.05, 4.69) is 15.5 Å². The van der Waals surface area contributed by atoms with Crippen LogP contribution in [0.2, 0.25) is 10.0 Å². The first-order valence-corrected chi connectivity index (χ1v) is 10.7. The summed E-state index contributed by atoms with van der Waals surface area (Å²) in [5.74, 6) is 0.143. The number of halogens is 5. The predicted octanol–water partition coefficient (Wildman–Crippen LogP) is 5.33. The van der Waals surface area contributed by atoms with E-state index in [0.717, 1.165) is 23.9 Å². The lowest BCUT2D eigenvalue weighted by molar-refractivity contribution is -0.388. The van der Waals surface area contributed by atoms with Crippen LogP contribution >= 0.6 is 35.0 Å². The van der Waals surface area contributed by atoms with Crippen LogP contribution in [0.25, 0.3) is 5.69 Å². The Morgan fingerprint density at radius 3 is 2.52 bits per heavy atom.